The number of hydrogen-bond acceptors (Lipinski definition) is 9. The van der Waals surface area contributed by atoms with Crippen molar-refractivity contribution in [2.45, 2.75) is 31.5 Å². The second-order valence-corrected chi connectivity index (χ2v) is 11.6. The SMILES string of the molecule is C#Cc1c(F)ccc2cc(O)cc(-c3ncc4c(N5CC6CCC(C5)N6C(=O)OCc5ccc(NC=O)cc5)nc(OC)nc4c3F)c12. The number of rotatable bonds is 7. The number of amides is 2. The Morgan fingerprint density at radius 2 is 1.88 bits per heavy atom. The molecule has 0 aliphatic carbocycles. The number of anilines is 2. The first-order valence-corrected chi connectivity index (χ1v) is 15.1. The molecule has 2 N–H and O–H groups in total. The first kappa shape index (κ1) is 30.6. The Hall–Kier alpha value is -6.03. The number of carbonyl (C=O) groups is 2. The first-order chi connectivity index (χ1) is 23.3. The summed E-state index contributed by atoms with van der Waals surface area (Å²) in [5.74, 6) is 1.06. The molecule has 48 heavy (non-hydrogen) atoms. The number of aromatic nitrogens is 3. The quantitative estimate of drug-likeness (QED) is 0.176. The van der Waals surface area contributed by atoms with Crippen LogP contribution in [-0.2, 0) is 16.1 Å². The lowest BCUT2D eigenvalue weighted by Crippen LogP contribution is -2.56. The van der Waals surface area contributed by atoms with Crippen molar-refractivity contribution in [1.29, 1.82) is 0 Å². The lowest BCUT2D eigenvalue weighted by atomic mass is 9.96. The number of benzene rings is 3. The Kier molecular flexibility index (Phi) is 7.84. The maximum absolute atomic E-state index is 16.5. The molecule has 5 aromatic rings. The van der Waals surface area contributed by atoms with Crippen LogP contribution in [0.2, 0.25) is 0 Å². The highest BCUT2D eigenvalue weighted by Crippen LogP contribution is 2.40. The average molecular weight is 651 g/mol. The molecule has 2 atom stereocenters. The fourth-order valence-corrected chi connectivity index (χ4v) is 6.65. The molecule has 2 aliphatic heterocycles. The minimum Gasteiger partial charge on any atom is -0.508 e. The maximum atomic E-state index is 16.5. The molecule has 4 heterocycles. The van der Waals surface area contributed by atoms with Gasteiger partial charge in [-0.05, 0) is 54.1 Å². The van der Waals surface area contributed by atoms with Gasteiger partial charge in [-0.2, -0.15) is 9.97 Å². The van der Waals surface area contributed by atoms with E-state index in [2.05, 4.69) is 26.2 Å². The van der Waals surface area contributed by atoms with Gasteiger partial charge in [-0.25, -0.2) is 13.6 Å². The highest BCUT2D eigenvalue weighted by atomic mass is 19.1. The maximum Gasteiger partial charge on any atom is 0.410 e. The summed E-state index contributed by atoms with van der Waals surface area (Å²) in [6, 6.07) is 11.9. The van der Waals surface area contributed by atoms with Gasteiger partial charge in [-0.3, -0.25) is 14.7 Å². The summed E-state index contributed by atoms with van der Waals surface area (Å²) in [5, 5.41) is 14.0. The van der Waals surface area contributed by atoms with Crippen LogP contribution in [0.3, 0.4) is 0 Å². The highest BCUT2D eigenvalue weighted by molar-refractivity contribution is 6.03. The van der Waals surface area contributed by atoms with Crippen LogP contribution < -0.4 is 15.0 Å². The van der Waals surface area contributed by atoms with Crippen molar-refractivity contribution in [3.63, 3.8) is 0 Å². The zero-order valence-corrected chi connectivity index (χ0v) is 25.6. The molecule has 0 radical (unpaired) electrons. The van der Waals surface area contributed by atoms with Crippen molar-refractivity contribution >= 4 is 45.7 Å². The predicted molar refractivity (Wildman–Crippen MR) is 174 cm³/mol. The molecule has 7 rings (SSSR count). The van der Waals surface area contributed by atoms with Crippen molar-refractivity contribution in [3.05, 3.63) is 77.5 Å². The second-order valence-electron chi connectivity index (χ2n) is 11.6. The van der Waals surface area contributed by atoms with Crippen LogP contribution in [0, 0.1) is 24.0 Å². The topological polar surface area (TPSA) is 130 Å². The first-order valence-electron chi connectivity index (χ1n) is 15.1. The summed E-state index contributed by atoms with van der Waals surface area (Å²) < 4.78 is 42.2. The van der Waals surface area contributed by atoms with Gasteiger partial charge in [0.2, 0.25) is 6.41 Å². The molecule has 2 unspecified atom stereocenters. The molecule has 2 bridgehead atoms. The number of terminal acetylenes is 1. The molecular formula is C35H28F2N6O5. The van der Waals surface area contributed by atoms with E-state index in [1.165, 1.54) is 37.6 Å². The van der Waals surface area contributed by atoms with Crippen LogP contribution in [0.15, 0.2) is 54.7 Å². The second kappa shape index (κ2) is 12.3. The van der Waals surface area contributed by atoms with Gasteiger partial charge in [0.05, 0.1) is 30.1 Å². The zero-order chi connectivity index (χ0) is 33.5. The molecule has 11 nitrogen and oxygen atoms in total. The van der Waals surface area contributed by atoms with Crippen molar-refractivity contribution < 1.29 is 33.0 Å². The molecule has 0 saturated carbocycles. The third kappa shape index (κ3) is 5.30. The minimum atomic E-state index is -0.825. The van der Waals surface area contributed by atoms with E-state index in [9.17, 15) is 19.1 Å². The summed E-state index contributed by atoms with van der Waals surface area (Å²) in [5.41, 5.74) is 1.17. The van der Waals surface area contributed by atoms with E-state index in [-0.39, 0.29) is 58.2 Å². The summed E-state index contributed by atoms with van der Waals surface area (Å²) in [7, 11) is 1.37. The third-order valence-corrected chi connectivity index (χ3v) is 8.81. The molecule has 13 heteroatoms. The lowest BCUT2D eigenvalue weighted by Gasteiger charge is -2.41. The number of ether oxygens (including phenoxy) is 2. The Balaban J connectivity index is 1.19. The smallest absolute Gasteiger partial charge is 0.410 e. The molecule has 242 valence electrons. The molecule has 0 spiro atoms. The Morgan fingerprint density at radius 3 is 2.56 bits per heavy atom. The number of aromatic hydroxyl groups is 1. The van der Waals surface area contributed by atoms with Gasteiger partial charge in [0.1, 0.15) is 35.2 Å². The number of hydrogen-bond donors (Lipinski definition) is 2. The number of fused-ring (bicyclic) bond motifs is 4. The number of pyridine rings is 1. The van der Waals surface area contributed by atoms with Crippen molar-refractivity contribution in [3.8, 4) is 35.4 Å². The molecule has 3 aromatic carbocycles. The number of phenolic OH excluding ortho intramolecular Hbond substituents is 1. The minimum absolute atomic E-state index is 0.0742. The molecule has 2 saturated heterocycles. The molecule has 2 fully saturated rings. The number of carbonyl (C=O) groups excluding carboxylic acids is 2. The third-order valence-electron chi connectivity index (χ3n) is 8.81. The van der Waals surface area contributed by atoms with Gasteiger partial charge in [-0.1, -0.05) is 24.1 Å². The van der Waals surface area contributed by atoms with Crippen LogP contribution in [0.25, 0.3) is 32.9 Å². The van der Waals surface area contributed by atoms with Gasteiger partial charge in [0, 0.05) is 35.9 Å². The summed E-state index contributed by atoms with van der Waals surface area (Å²) in [4.78, 5) is 40.9. The zero-order valence-electron chi connectivity index (χ0n) is 25.6. The number of halogens is 2. The van der Waals surface area contributed by atoms with E-state index in [0.717, 1.165) is 18.4 Å². The Bertz CT molecular complexity index is 2120. The number of nitrogens with one attached hydrogen (secondary N) is 1. The van der Waals surface area contributed by atoms with E-state index in [1.54, 1.807) is 29.2 Å². The standard InChI is InChI=1S/C35H28F2N6O5/c1-3-25-28(36)11-6-20-12-24(45)13-26(29(20)25)31-30(37)32-27(14-38-31)33(41-34(40-32)47-2)42-15-22-9-10-23(16-42)43(22)35(46)48-17-19-4-7-21(8-5-19)39-18-44/h1,4-8,11-14,18,22-23,45H,9-10,15-17H2,2H3,(H,39,44). The average Bonchev–Trinajstić information content (AvgIpc) is 3.36. The normalized spacial score (nSPS) is 17.0. The number of phenols is 1. The molecule has 2 aliphatic rings. The summed E-state index contributed by atoms with van der Waals surface area (Å²) in [6.45, 7) is 0.876. The van der Waals surface area contributed by atoms with Gasteiger partial charge < -0.3 is 24.8 Å². The van der Waals surface area contributed by atoms with Crippen molar-refractivity contribution in [2.75, 3.05) is 30.4 Å². The van der Waals surface area contributed by atoms with Crippen molar-refractivity contribution in [2.24, 2.45) is 0 Å². The van der Waals surface area contributed by atoms with E-state index in [4.69, 9.17) is 15.9 Å². The molecule has 2 amide bonds. The fourth-order valence-electron chi connectivity index (χ4n) is 6.65. The fraction of sp³-hybridized carbons (Fsp3) is 0.229. The highest BCUT2D eigenvalue weighted by Gasteiger charge is 2.44. The van der Waals surface area contributed by atoms with Crippen LogP contribution in [0.4, 0.5) is 25.1 Å². The number of piperazine rings is 1. The van der Waals surface area contributed by atoms with E-state index in [0.29, 0.717) is 41.8 Å². The van der Waals surface area contributed by atoms with E-state index >= 15 is 4.39 Å². The Morgan fingerprint density at radius 1 is 1.12 bits per heavy atom. The van der Waals surface area contributed by atoms with Gasteiger partial charge in [-0.15, -0.1) is 6.42 Å². The lowest BCUT2D eigenvalue weighted by molar-refractivity contribution is -0.105. The van der Waals surface area contributed by atoms with Gasteiger partial charge in [0.25, 0.3) is 0 Å². The number of methoxy groups -OCH3 is 1. The van der Waals surface area contributed by atoms with Crippen LogP contribution in [-0.4, -0.2) is 69.7 Å². The number of nitrogens with zero attached hydrogens (tertiary/aromatic N) is 5. The van der Waals surface area contributed by atoms with E-state index < -0.39 is 17.7 Å². The van der Waals surface area contributed by atoms with Crippen LogP contribution in [0.5, 0.6) is 11.8 Å². The Labute approximate surface area is 273 Å². The summed E-state index contributed by atoms with van der Waals surface area (Å²) in [6.07, 6.45) is 8.72. The van der Waals surface area contributed by atoms with Crippen molar-refractivity contribution in [1.82, 2.24) is 19.9 Å². The van der Waals surface area contributed by atoms with Gasteiger partial charge in [0.15, 0.2) is 5.82 Å². The molecule has 2 aromatic heterocycles. The summed E-state index contributed by atoms with van der Waals surface area (Å²) >= 11 is 0. The van der Waals surface area contributed by atoms with E-state index in [1.807, 2.05) is 4.90 Å². The molecular weight excluding hydrogens is 622 g/mol. The monoisotopic (exact) mass is 650 g/mol. The van der Waals surface area contributed by atoms with Crippen LogP contribution >= 0.6 is 0 Å². The van der Waals surface area contributed by atoms with Gasteiger partial charge >= 0.3 is 12.1 Å². The van der Waals surface area contributed by atoms with Crippen LogP contribution in [0.1, 0.15) is 24.0 Å². The largest absolute Gasteiger partial charge is 0.508 e. The predicted octanol–water partition coefficient (Wildman–Crippen LogP) is 5.38.